The van der Waals surface area contributed by atoms with Crippen molar-refractivity contribution >= 4 is 5.91 Å². The van der Waals surface area contributed by atoms with Crippen LogP contribution in [0.2, 0.25) is 0 Å². The van der Waals surface area contributed by atoms with E-state index >= 15 is 0 Å². The zero-order valence-electron chi connectivity index (χ0n) is 12.8. The fourth-order valence-corrected chi connectivity index (χ4v) is 2.98. The third kappa shape index (κ3) is 3.21. The van der Waals surface area contributed by atoms with Gasteiger partial charge >= 0.3 is 0 Å². The Bertz CT molecular complexity index is 444. The molecule has 0 radical (unpaired) electrons. The summed E-state index contributed by atoms with van der Waals surface area (Å²) < 4.78 is 0. The summed E-state index contributed by atoms with van der Waals surface area (Å²) in [6, 6.07) is 10.4. The largest absolute Gasteiger partial charge is 0.338 e. The van der Waals surface area contributed by atoms with Gasteiger partial charge in [0.2, 0.25) is 5.91 Å². The first-order valence-corrected chi connectivity index (χ1v) is 7.60. The molecule has 0 spiro atoms. The van der Waals surface area contributed by atoms with Crippen molar-refractivity contribution in [3.05, 3.63) is 35.9 Å². The van der Waals surface area contributed by atoms with E-state index in [1.54, 1.807) is 0 Å². The van der Waals surface area contributed by atoms with Crippen LogP contribution in [0.4, 0.5) is 0 Å². The first kappa shape index (κ1) is 15.0. The molecule has 3 nitrogen and oxygen atoms in total. The SMILES string of the molecule is CC(C)[C@H](N)C(=O)N1CC[C@@H](Cc2ccccc2)[C@@H]1C. The predicted molar refractivity (Wildman–Crippen MR) is 82.2 cm³/mol. The number of benzene rings is 1. The standard InChI is InChI=1S/C17H26N2O/c1-12(2)16(18)17(20)19-10-9-15(13(19)3)11-14-7-5-4-6-8-14/h4-8,12-13,15-16H,9-11,18H2,1-3H3/t13-,15-,16-/m0/s1. The maximum atomic E-state index is 12.4. The summed E-state index contributed by atoms with van der Waals surface area (Å²) in [6.07, 6.45) is 2.12. The van der Waals surface area contributed by atoms with Crippen LogP contribution in [0.25, 0.3) is 0 Å². The number of nitrogens with zero attached hydrogens (tertiary/aromatic N) is 1. The molecule has 2 N–H and O–H groups in total. The zero-order valence-corrected chi connectivity index (χ0v) is 12.8. The lowest BCUT2D eigenvalue weighted by Gasteiger charge is -2.28. The molecule has 110 valence electrons. The molecule has 1 amide bonds. The van der Waals surface area contributed by atoms with Gasteiger partial charge in [-0.15, -0.1) is 0 Å². The van der Waals surface area contributed by atoms with E-state index in [1.807, 2.05) is 24.8 Å². The molecule has 1 aliphatic rings. The van der Waals surface area contributed by atoms with Crippen LogP contribution in [0.5, 0.6) is 0 Å². The van der Waals surface area contributed by atoms with E-state index in [9.17, 15) is 4.79 Å². The van der Waals surface area contributed by atoms with Gasteiger partial charge in [-0.25, -0.2) is 0 Å². The van der Waals surface area contributed by atoms with Crippen LogP contribution in [-0.4, -0.2) is 29.4 Å². The van der Waals surface area contributed by atoms with Gasteiger partial charge in [0.15, 0.2) is 0 Å². The lowest BCUT2D eigenvalue weighted by molar-refractivity contribution is -0.134. The fourth-order valence-electron chi connectivity index (χ4n) is 2.98. The van der Waals surface area contributed by atoms with E-state index in [4.69, 9.17) is 5.73 Å². The molecule has 3 atom stereocenters. The van der Waals surface area contributed by atoms with E-state index in [-0.39, 0.29) is 23.9 Å². The number of nitrogens with two attached hydrogens (primary N) is 1. The summed E-state index contributed by atoms with van der Waals surface area (Å²) >= 11 is 0. The van der Waals surface area contributed by atoms with Crippen molar-refractivity contribution in [2.75, 3.05) is 6.54 Å². The van der Waals surface area contributed by atoms with Crippen molar-refractivity contribution in [3.63, 3.8) is 0 Å². The van der Waals surface area contributed by atoms with E-state index in [0.29, 0.717) is 5.92 Å². The highest BCUT2D eigenvalue weighted by molar-refractivity contribution is 5.82. The van der Waals surface area contributed by atoms with Gasteiger partial charge in [0.1, 0.15) is 0 Å². The normalized spacial score (nSPS) is 24.1. The van der Waals surface area contributed by atoms with Crippen molar-refractivity contribution in [2.24, 2.45) is 17.6 Å². The van der Waals surface area contributed by atoms with Crippen LogP contribution < -0.4 is 5.73 Å². The van der Waals surface area contributed by atoms with Gasteiger partial charge in [0, 0.05) is 12.6 Å². The number of hydrogen-bond acceptors (Lipinski definition) is 2. The number of amides is 1. The second kappa shape index (κ2) is 6.40. The Kier molecular flexibility index (Phi) is 4.81. The molecule has 0 saturated carbocycles. The van der Waals surface area contributed by atoms with Crippen molar-refractivity contribution in [1.82, 2.24) is 4.90 Å². The summed E-state index contributed by atoms with van der Waals surface area (Å²) in [6.45, 7) is 7.01. The second-order valence-corrected chi connectivity index (χ2v) is 6.28. The van der Waals surface area contributed by atoms with Gasteiger partial charge in [0.05, 0.1) is 6.04 Å². The Balaban J connectivity index is 1.99. The van der Waals surface area contributed by atoms with Crippen LogP contribution in [0.3, 0.4) is 0 Å². The summed E-state index contributed by atoms with van der Waals surface area (Å²) in [7, 11) is 0. The number of likely N-dealkylation sites (tertiary alicyclic amines) is 1. The van der Waals surface area contributed by atoms with E-state index in [2.05, 4.69) is 31.2 Å². The maximum absolute atomic E-state index is 12.4. The van der Waals surface area contributed by atoms with Crippen molar-refractivity contribution in [1.29, 1.82) is 0 Å². The number of carbonyl (C=O) groups is 1. The highest BCUT2D eigenvalue weighted by Crippen LogP contribution is 2.28. The van der Waals surface area contributed by atoms with Crippen molar-refractivity contribution < 1.29 is 4.79 Å². The molecule has 1 fully saturated rings. The number of hydrogen-bond donors (Lipinski definition) is 1. The van der Waals surface area contributed by atoms with Crippen LogP contribution in [0, 0.1) is 11.8 Å². The molecule has 20 heavy (non-hydrogen) atoms. The van der Waals surface area contributed by atoms with Gasteiger partial charge in [-0.3, -0.25) is 4.79 Å². The lowest BCUT2D eigenvalue weighted by atomic mass is 9.93. The average Bonchev–Trinajstić information content (AvgIpc) is 2.80. The molecular weight excluding hydrogens is 248 g/mol. The molecule has 2 rings (SSSR count). The van der Waals surface area contributed by atoms with Gasteiger partial charge in [-0.2, -0.15) is 0 Å². The third-order valence-electron chi connectivity index (χ3n) is 4.54. The van der Waals surface area contributed by atoms with Gasteiger partial charge in [-0.05, 0) is 37.2 Å². The van der Waals surface area contributed by atoms with Crippen molar-refractivity contribution in [3.8, 4) is 0 Å². The monoisotopic (exact) mass is 274 g/mol. The molecule has 0 unspecified atom stereocenters. The highest BCUT2D eigenvalue weighted by atomic mass is 16.2. The molecular formula is C17H26N2O. The first-order chi connectivity index (χ1) is 9.50. The molecule has 0 aliphatic carbocycles. The van der Waals surface area contributed by atoms with E-state index in [0.717, 1.165) is 19.4 Å². The van der Waals surface area contributed by atoms with Gasteiger partial charge in [0.25, 0.3) is 0 Å². The number of carbonyl (C=O) groups excluding carboxylic acids is 1. The van der Waals surface area contributed by atoms with Crippen LogP contribution >= 0.6 is 0 Å². The molecule has 0 bridgehead atoms. The van der Waals surface area contributed by atoms with Crippen LogP contribution in [0.15, 0.2) is 30.3 Å². The van der Waals surface area contributed by atoms with Crippen LogP contribution in [-0.2, 0) is 11.2 Å². The first-order valence-electron chi connectivity index (χ1n) is 7.60. The Morgan fingerprint density at radius 1 is 1.35 bits per heavy atom. The summed E-state index contributed by atoms with van der Waals surface area (Å²) in [4.78, 5) is 14.4. The summed E-state index contributed by atoms with van der Waals surface area (Å²) in [5.74, 6) is 0.853. The zero-order chi connectivity index (χ0) is 14.7. The maximum Gasteiger partial charge on any atom is 0.239 e. The predicted octanol–water partition coefficient (Wildman–Crippen LogP) is 2.45. The average molecular weight is 274 g/mol. The Morgan fingerprint density at radius 3 is 2.60 bits per heavy atom. The summed E-state index contributed by atoms with van der Waals surface area (Å²) in [5, 5.41) is 0. The topological polar surface area (TPSA) is 46.3 Å². The quantitative estimate of drug-likeness (QED) is 0.916. The number of rotatable bonds is 4. The molecule has 0 aromatic heterocycles. The fraction of sp³-hybridized carbons (Fsp3) is 0.588. The molecule has 1 heterocycles. The molecule has 1 aromatic rings. The van der Waals surface area contributed by atoms with E-state index < -0.39 is 0 Å². The second-order valence-electron chi connectivity index (χ2n) is 6.28. The minimum Gasteiger partial charge on any atom is -0.338 e. The Hall–Kier alpha value is -1.35. The van der Waals surface area contributed by atoms with Gasteiger partial charge in [-0.1, -0.05) is 44.2 Å². The third-order valence-corrected chi connectivity index (χ3v) is 4.54. The highest BCUT2D eigenvalue weighted by Gasteiger charge is 2.36. The molecule has 3 heteroatoms. The lowest BCUT2D eigenvalue weighted by Crippen LogP contribution is -2.48. The summed E-state index contributed by atoms with van der Waals surface area (Å²) in [5.41, 5.74) is 7.36. The molecule has 1 aromatic carbocycles. The van der Waals surface area contributed by atoms with Crippen molar-refractivity contribution in [2.45, 2.75) is 45.7 Å². The smallest absolute Gasteiger partial charge is 0.239 e. The minimum absolute atomic E-state index is 0.114. The molecule has 1 aliphatic heterocycles. The Morgan fingerprint density at radius 2 is 2.00 bits per heavy atom. The molecule has 1 saturated heterocycles. The van der Waals surface area contributed by atoms with E-state index in [1.165, 1.54) is 5.56 Å². The van der Waals surface area contributed by atoms with Crippen LogP contribution in [0.1, 0.15) is 32.8 Å². The Labute approximate surface area is 122 Å². The van der Waals surface area contributed by atoms with Gasteiger partial charge < -0.3 is 10.6 Å². The minimum atomic E-state index is -0.368.